The first-order valence-electron chi connectivity index (χ1n) is 14.3. The molecule has 2 unspecified atom stereocenters. The molecule has 2 atom stereocenters. The second-order valence-corrected chi connectivity index (χ2v) is 11.4. The molecule has 9 nitrogen and oxygen atoms in total. The maximum atomic E-state index is 15.1. The Morgan fingerprint density at radius 3 is 2.29 bits per heavy atom. The van der Waals surface area contributed by atoms with Gasteiger partial charge in [-0.3, -0.25) is 9.59 Å². The van der Waals surface area contributed by atoms with Crippen LogP contribution in [0.25, 0.3) is 11.1 Å². The van der Waals surface area contributed by atoms with Gasteiger partial charge in [-0.1, -0.05) is 12.1 Å². The zero-order valence-electron chi connectivity index (χ0n) is 25.2. The lowest BCUT2D eigenvalue weighted by molar-refractivity contribution is -0.167. The molecule has 5 rings (SSSR count). The number of nitrogens with zero attached hydrogens (tertiary/aromatic N) is 2. The Balaban J connectivity index is 1.44. The van der Waals surface area contributed by atoms with Crippen molar-refractivity contribution in [3.63, 3.8) is 0 Å². The molecular formula is C31H27F8N3O6. The first-order valence-corrected chi connectivity index (χ1v) is 14.3. The first-order chi connectivity index (χ1) is 22.4. The number of fused-ring (bicyclic) bond motifs is 1. The minimum atomic E-state index is -4.79. The zero-order chi connectivity index (χ0) is 35.3. The van der Waals surface area contributed by atoms with Gasteiger partial charge in [0.25, 0.3) is 11.5 Å². The average Bonchev–Trinajstić information content (AvgIpc) is 3.49. The predicted octanol–water partition coefficient (Wildman–Crippen LogP) is 4.88. The van der Waals surface area contributed by atoms with E-state index in [2.05, 4.69) is 0 Å². The van der Waals surface area contributed by atoms with Crippen LogP contribution in [0.3, 0.4) is 0 Å². The standard InChI is InChI=1S/C31H27F8N3O6/c1-14-20(30(34,35)36)10-41(2)28(44)25(14)17-4-3-15(18-11-48-12-19(17)18)7-23(29(45)46)40-27(43)26-21(32)8-16(9-22(26)33)42-5-6-47-13-24(42)31(37,38)39/h3-4,8-10,23-24H,5-7,11-13H2,1-2H3,(H,40,43)(H,45,46). The Morgan fingerprint density at radius 2 is 1.69 bits per heavy atom. The van der Waals surface area contributed by atoms with Crippen molar-refractivity contribution in [2.45, 2.75) is 51.0 Å². The Bertz CT molecular complexity index is 1820. The number of aryl methyl sites for hydroxylation is 1. The number of carboxylic acid groups (broad SMARTS) is 1. The van der Waals surface area contributed by atoms with Crippen LogP contribution in [0.2, 0.25) is 0 Å². The van der Waals surface area contributed by atoms with E-state index in [0.29, 0.717) is 34.4 Å². The number of pyridine rings is 1. The van der Waals surface area contributed by atoms with Gasteiger partial charge < -0.3 is 29.4 Å². The number of amides is 1. The number of hydrogen-bond donors (Lipinski definition) is 2. The number of benzene rings is 2. The van der Waals surface area contributed by atoms with Crippen LogP contribution in [0.15, 0.2) is 35.3 Å². The summed E-state index contributed by atoms with van der Waals surface area (Å²) in [4.78, 5) is 38.9. The molecule has 1 amide bonds. The van der Waals surface area contributed by atoms with Crippen LogP contribution < -0.4 is 15.8 Å². The fourth-order valence-electron chi connectivity index (χ4n) is 5.97. The lowest BCUT2D eigenvalue weighted by Crippen LogP contribution is -2.53. The highest BCUT2D eigenvalue weighted by molar-refractivity contribution is 5.97. The summed E-state index contributed by atoms with van der Waals surface area (Å²) in [6.45, 7) is -0.340. The van der Waals surface area contributed by atoms with Gasteiger partial charge in [0.05, 0.1) is 37.6 Å². The Labute approximate surface area is 266 Å². The Kier molecular flexibility index (Phi) is 9.31. The number of halogens is 8. The van der Waals surface area contributed by atoms with E-state index in [4.69, 9.17) is 9.47 Å². The maximum absolute atomic E-state index is 15.1. The van der Waals surface area contributed by atoms with Gasteiger partial charge in [0.2, 0.25) is 0 Å². The molecule has 1 aromatic heterocycles. The van der Waals surface area contributed by atoms with Crippen LogP contribution in [0.1, 0.15) is 38.2 Å². The fraction of sp³-hybridized carbons (Fsp3) is 0.387. The third-order valence-electron chi connectivity index (χ3n) is 8.35. The second kappa shape index (κ2) is 12.8. The van der Waals surface area contributed by atoms with E-state index in [9.17, 15) is 45.8 Å². The van der Waals surface area contributed by atoms with Crippen molar-refractivity contribution in [3.05, 3.63) is 85.8 Å². The van der Waals surface area contributed by atoms with E-state index >= 15 is 8.78 Å². The van der Waals surface area contributed by atoms with Crippen LogP contribution in [0, 0.1) is 18.6 Å². The van der Waals surface area contributed by atoms with Crippen molar-refractivity contribution in [2.75, 3.05) is 24.7 Å². The topological polar surface area (TPSA) is 110 Å². The minimum absolute atomic E-state index is 0.109. The van der Waals surface area contributed by atoms with E-state index in [1.807, 2.05) is 5.32 Å². The summed E-state index contributed by atoms with van der Waals surface area (Å²) in [6, 6.07) is -0.200. The van der Waals surface area contributed by atoms with E-state index in [-0.39, 0.29) is 48.6 Å². The number of aromatic nitrogens is 1. The van der Waals surface area contributed by atoms with E-state index in [0.717, 1.165) is 11.5 Å². The van der Waals surface area contributed by atoms with Crippen molar-refractivity contribution in [1.29, 1.82) is 0 Å². The molecule has 0 saturated carbocycles. The number of nitrogens with one attached hydrogen (secondary N) is 1. The molecule has 0 radical (unpaired) electrons. The lowest BCUT2D eigenvalue weighted by atomic mass is 9.89. The molecule has 0 bridgehead atoms. The summed E-state index contributed by atoms with van der Waals surface area (Å²) in [5, 5.41) is 11.9. The van der Waals surface area contributed by atoms with Gasteiger partial charge in [0, 0.05) is 31.9 Å². The van der Waals surface area contributed by atoms with Crippen LogP contribution in [-0.4, -0.2) is 59.6 Å². The lowest BCUT2D eigenvalue weighted by Gasteiger charge is -2.38. The van der Waals surface area contributed by atoms with E-state index in [1.54, 1.807) is 0 Å². The van der Waals surface area contributed by atoms with Gasteiger partial charge >= 0.3 is 18.3 Å². The summed E-state index contributed by atoms with van der Waals surface area (Å²) in [7, 11) is 1.17. The largest absolute Gasteiger partial charge is 0.480 e. The molecule has 0 spiro atoms. The molecule has 3 aromatic rings. The number of hydrogen-bond acceptors (Lipinski definition) is 6. The highest BCUT2D eigenvalue weighted by Crippen LogP contribution is 2.39. The van der Waals surface area contributed by atoms with Gasteiger partial charge in [-0.2, -0.15) is 26.3 Å². The summed E-state index contributed by atoms with van der Waals surface area (Å²) in [5.74, 6) is -6.17. The number of ether oxygens (including phenoxy) is 2. The second-order valence-electron chi connectivity index (χ2n) is 11.4. The normalized spacial score (nSPS) is 17.3. The summed E-state index contributed by atoms with van der Waals surface area (Å²) in [6.07, 6.45) is -9.32. The van der Waals surface area contributed by atoms with Gasteiger partial charge in [-0.05, 0) is 46.9 Å². The summed E-state index contributed by atoms with van der Waals surface area (Å²) < 4.78 is 123. The van der Waals surface area contributed by atoms with E-state index < -0.39 is 83.3 Å². The molecule has 1 fully saturated rings. The van der Waals surface area contributed by atoms with Crippen LogP contribution in [0.5, 0.6) is 0 Å². The molecule has 2 aliphatic heterocycles. The van der Waals surface area contributed by atoms with Gasteiger partial charge in [-0.15, -0.1) is 0 Å². The molecule has 2 aliphatic rings. The number of carboxylic acids is 1. The monoisotopic (exact) mass is 689 g/mol. The third-order valence-corrected chi connectivity index (χ3v) is 8.35. The smallest absolute Gasteiger partial charge is 0.418 e. The highest BCUT2D eigenvalue weighted by atomic mass is 19.4. The highest BCUT2D eigenvalue weighted by Gasteiger charge is 2.46. The number of rotatable bonds is 7. The maximum Gasteiger partial charge on any atom is 0.418 e. The fourth-order valence-corrected chi connectivity index (χ4v) is 5.97. The predicted molar refractivity (Wildman–Crippen MR) is 152 cm³/mol. The third kappa shape index (κ3) is 6.60. The number of carbonyl (C=O) groups excluding carboxylic acids is 1. The summed E-state index contributed by atoms with van der Waals surface area (Å²) >= 11 is 0. The molecule has 2 aromatic carbocycles. The van der Waals surface area contributed by atoms with Crippen molar-refractivity contribution in [1.82, 2.24) is 9.88 Å². The average molecular weight is 690 g/mol. The van der Waals surface area contributed by atoms with E-state index in [1.165, 1.54) is 19.2 Å². The molecule has 48 heavy (non-hydrogen) atoms. The van der Waals surface area contributed by atoms with Gasteiger partial charge in [-0.25, -0.2) is 13.6 Å². The molecule has 1 saturated heterocycles. The number of anilines is 1. The first kappa shape index (κ1) is 34.8. The number of aliphatic carboxylic acids is 1. The van der Waals surface area contributed by atoms with Crippen LogP contribution in [0.4, 0.5) is 40.8 Å². The number of carbonyl (C=O) groups is 2. The quantitative estimate of drug-likeness (QED) is 0.341. The Hall–Kier alpha value is -4.51. The number of alkyl halides is 6. The minimum Gasteiger partial charge on any atom is -0.480 e. The van der Waals surface area contributed by atoms with Gasteiger partial charge in [0.15, 0.2) is 0 Å². The summed E-state index contributed by atoms with van der Waals surface area (Å²) in [5.41, 5.74) is -2.90. The SMILES string of the molecule is Cc1c(C(F)(F)F)cn(C)c(=O)c1-c1ccc(CC(NC(=O)c2c(F)cc(N3CCOCC3C(F)(F)F)cc2F)C(=O)O)c2c1COC2. The molecule has 0 aliphatic carbocycles. The Morgan fingerprint density at radius 1 is 1.04 bits per heavy atom. The van der Waals surface area contributed by atoms with Crippen molar-refractivity contribution in [2.24, 2.45) is 7.05 Å². The molecular weight excluding hydrogens is 662 g/mol. The van der Waals surface area contributed by atoms with Gasteiger partial charge in [0.1, 0.15) is 29.3 Å². The van der Waals surface area contributed by atoms with Crippen molar-refractivity contribution in [3.8, 4) is 11.1 Å². The van der Waals surface area contributed by atoms with Crippen molar-refractivity contribution < 1.29 is 59.3 Å². The van der Waals surface area contributed by atoms with Crippen molar-refractivity contribution >= 4 is 17.6 Å². The zero-order valence-corrected chi connectivity index (χ0v) is 25.2. The number of morpholine rings is 1. The molecule has 3 heterocycles. The van der Waals surface area contributed by atoms with Crippen LogP contribution >= 0.6 is 0 Å². The molecule has 17 heteroatoms. The molecule has 258 valence electrons. The van der Waals surface area contributed by atoms with Crippen LogP contribution in [-0.2, 0) is 47.1 Å². The molecule has 2 N–H and O–H groups in total.